The normalized spacial score (nSPS) is 10.6. The minimum Gasteiger partial charge on any atom is -0.493 e. The molecule has 0 aliphatic rings. The second-order valence-electron chi connectivity index (χ2n) is 6.76. The summed E-state index contributed by atoms with van der Waals surface area (Å²) in [7, 11) is 3.09. The molecule has 0 radical (unpaired) electrons. The molecule has 2 aromatic carbocycles. The molecule has 10 nitrogen and oxygen atoms in total. The third-order valence-corrected chi connectivity index (χ3v) is 5.61. The SMILES string of the molecule is COc1ccc(-c2cc3c(=O)[nH]nc(SCC(=O)Nc4ccc(C#N)cc4)n3n2)cc1OC. The number of nitrogens with one attached hydrogen (secondary N) is 2. The number of rotatable bonds is 7. The zero-order chi connectivity index (χ0) is 23.4. The van der Waals surface area contributed by atoms with E-state index in [-0.39, 0.29) is 11.7 Å². The number of H-pyrrole nitrogens is 1. The number of nitriles is 1. The fourth-order valence-corrected chi connectivity index (χ4v) is 3.78. The van der Waals surface area contributed by atoms with E-state index in [4.69, 9.17) is 14.7 Å². The zero-order valence-corrected chi connectivity index (χ0v) is 18.5. The number of nitrogens with zero attached hydrogens (tertiary/aromatic N) is 4. The number of methoxy groups -OCH3 is 2. The highest BCUT2D eigenvalue weighted by molar-refractivity contribution is 7.99. The van der Waals surface area contributed by atoms with Crippen molar-refractivity contribution in [2.75, 3.05) is 25.3 Å². The van der Waals surface area contributed by atoms with Crippen LogP contribution < -0.4 is 20.3 Å². The van der Waals surface area contributed by atoms with Gasteiger partial charge < -0.3 is 14.8 Å². The summed E-state index contributed by atoms with van der Waals surface area (Å²) in [6.45, 7) is 0. The first-order valence-electron chi connectivity index (χ1n) is 9.66. The van der Waals surface area contributed by atoms with Crippen LogP contribution in [-0.4, -0.2) is 45.7 Å². The summed E-state index contributed by atoms with van der Waals surface area (Å²) >= 11 is 1.13. The summed E-state index contributed by atoms with van der Waals surface area (Å²) in [5.74, 6) is 0.889. The molecule has 0 aliphatic heterocycles. The fraction of sp³-hybridized carbons (Fsp3) is 0.136. The van der Waals surface area contributed by atoms with Crippen LogP contribution in [0.5, 0.6) is 11.5 Å². The molecule has 166 valence electrons. The number of amides is 1. The molecule has 0 atom stereocenters. The van der Waals surface area contributed by atoms with Gasteiger partial charge in [0.1, 0.15) is 5.52 Å². The Morgan fingerprint density at radius 3 is 2.61 bits per heavy atom. The Morgan fingerprint density at radius 2 is 1.91 bits per heavy atom. The first-order valence-corrected chi connectivity index (χ1v) is 10.6. The Labute approximate surface area is 192 Å². The van der Waals surface area contributed by atoms with E-state index in [0.717, 1.165) is 17.3 Å². The van der Waals surface area contributed by atoms with Gasteiger partial charge in [-0.25, -0.2) is 9.61 Å². The van der Waals surface area contributed by atoms with Crippen molar-refractivity contribution in [3.63, 3.8) is 0 Å². The molecule has 0 aliphatic carbocycles. The van der Waals surface area contributed by atoms with E-state index in [1.165, 1.54) is 11.6 Å². The number of carbonyl (C=O) groups excluding carboxylic acids is 1. The summed E-state index contributed by atoms with van der Waals surface area (Å²) in [6.07, 6.45) is 0. The van der Waals surface area contributed by atoms with Crippen LogP contribution in [0.4, 0.5) is 5.69 Å². The molecule has 33 heavy (non-hydrogen) atoms. The highest BCUT2D eigenvalue weighted by Gasteiger charge is 2.15. The van der Waals surface area contributed by atoms with Gasteiger partial charge in [-0.05, 0) is 48.5 Å². The van der Waals surface area contributed by atoms with E-state index in [0.29, 0.717) is 39.1 Å². The van der Waals surface area contributed by atoms with E-state index < -0.39 is 5.56 Å². The van der Waals surface area contributed by atoms with Gasteiger partial charge in [-0.15, -0.1) is 5.10 Å². The number of anilines is 1. The highest BCUT2D eigenvalue weighted by atomic mass is 32.2. The quantitative estimate of drug-likeness (QED) is 0.400. The maximum Gasteiger partial charge on any atom is 0.290 e. The second kappa shape index (κ2) is 9.46. The van der Waals surface area contributed by atoms with E-state index in [9.17, 15) is 9.59 Å². The molecule has 0 fully saturated rings. The molecule has 0 bridgehead atoms. The summed E-state index contributed by atoms with van der Waals surface area (Å²) in [5, 5.41) is 23.0. The Bertz CT molecular complexity index is 1420. The second-order valence-corrected chi connectivity index (χ2v) is 7.70. The topological polar surface area (TPSA) is 134 Å². The first-order chi connectivity index (χ1) is 16.0. The van der Waals surface area contributed by atoms with Crippen LogP contribution in [0.3, 0.4) is 0 Å². The monoisotopic (exact) mass is 462 g/mol. The van der Waals surface area contributed by atoms with Gasteiger partial charge in [0.15, 0.2) is 11.5 Å². The van der Waals surface area contributed by atoms with E-state index in [2.05, 4.69) is 20.6 Å². The summed E-state index contributed by atoms with van der Waals surface area (Å²) < 4.78 is 12.0. The van der Waals surface area contributed by atoms with Gasteiger partial charge >= 0.3 is 0 Å². The predicted molar refractivity (Wildman–Crippen MR) is 123 cm³/mol. The minimum absolute atomic E-state index is 0.0414. The van der Waals surface area contributed by atoms with Gasteiger partial charge in [-0.1, -0.05) is 11.8 Å². The van der Waals surface area contributed by atoms with Crippen LogP contribution >= 0.6 is 11.8 Å². The summed E-state index contributed by atoms with van der Waals surface area (Å²) in [6, 6.07) is 15.5. The molecular formula is C22H18N6O4S. The molecule has 1 amide bonds. The maximum atomic E-state index is 12.3. The Kier molecular flexibility index (Phi) is 6.28. The Hall–Kier alpha value is -4.30. The van der Waals surface area contributed by atoms with Crippen molar-refractivity contribution >= 4 is 28.9 Å². The van der Waals surface area contributed by atoms with Crippen LogP contribution in [-0.2, 0) is 4.79 Å². The van der Waals surface area contributed by atoms with E-state index in [1.807, 2.05) is 12.1 Å². The lowest BCUT2D eigenvalue weighted by Gasteiger charge is -2.08. The molecule has 0 saturated carbocycles. The molecule has 0 saturated heterocycles. The molecule has 0 spiro atoms. The number of hydrogen-bond donors (Lipinski definition) is 2. The smallest absolute Gasteiger partial charge is 0.290 e. The van der Waals surface area contributed by atoms with Gasteiger partial charge in [0.05, 0.1) is 37.3 Å². The van der Waals surface area contributed by atoms with E-state index >= 15 is 0 Å². The van der Waals surface area contributed by atoms with Gasteiger partial charge in [0.2, 0.25) is 11.1 Å². The number of aromatic amines is 1. The minimum atomic E-state index is -0.402. The Morgan fingerprint density at radius 1 is 1.15 bits per heavy atom. The van der Waals surface area contributed by atoms with Crippen LogP contribution in [0.25, 0.3) is 16.8 Å². The Balaban J connectivity index is 1.56. The lowest BCUT2D eigenvalue weighted by atomic mass is 10.1. The van der Waals surface area contributed by atoms with Gasteiger partial charge in [-0.2, -0.15) is 10.4 Å². The predicted octanol–water partition coefficient (Wildman–Crippen LogP) is 2.70. The third-order valence-electron chi connectivity index (χ3n) is 4.69. The maximum absolute atomic E-state index is 12.3. The molecule has 4 aromatic rings. The molecule has 4 rings (SSSR count). The van der Waals surface area contributed by atoms with Crippen LogP contribution in [0.15, 0.2) is 58.5 Å². The number of fused-ring (bicyclic) bond motifs is 1. The first kappa shape index (κ1) is 21.9. The van der Waals surface area contributed by atoms with Crippen LogP contribution in [0.1, 0.15) is 5.56 Å². The van der Waals surface area contributed by atoms with Crippen molar-refractivity contribution in [3.8, 4) is 28.8 Å². The van der Waals surface area contributed by atoms with Gasteiger partial charge in [0, 0.05) is 11.3 Å². The number of carbonyl (C=O) groups is 1. The number of ether oxygens (including phenoxy) is 2. The molecule has 11 heteroatoms. The number of hydrogen-bond acceptors (Lipinski definition) is 8. The largest absolute Gasteiger partial charge is 0.493 e. The fourth-order valence-electron chi connectivity index (χ4n) is 3.08. The van der Waals surface area contributed by atoms with Crippen molar-refractivity contribution in [2.24, 2.45) is 0 Å². The van der Waals surface area contributed by atoms with Gasteiger partial charge in [-0.3, -0.25) is 9.59 Å². The van der Waals surface area contributed by atoms with Crippen LogP contribution in [0.2, 0.25) is 0 Å². The molecule has 2 aromatic heterocycles. The molecular weight excluding hydrogens is 444 g/mol. The zero-order valence-electron chi connectivity index (χ0n) is 17.7. The van der Waals surface area contributed by atoms with Crippen molar-refractivity contribution in [1.82, 2.24) is 19.8 Å². The van der Waals surface area contributed by atoms with Crippen LogP contribution in [0, 0.1) is 11.3 Å². The average Bonchev–Trinajstić information content (AvgIpc) is 3.30. The average molecular weight is 462 g/mol. The number of benzene rings is 2. The summed E-state index contributed by atoms with van der Waals surface area (Å²) in [5.41, 5.74) is 2.24. The van der Waals surface area contributed by atoms with Crippen molar-refractivity contribution in [3.05, 3.63) is 64.4 Å². The van der Waals surface area contributed by atoms with Crippen molar-refractivity contribution in [2.45, 2.75) is 5.16 Å². The number of aromatic nitrogens is 4. The van der Waals surface area contributed by atoms with Crippen molar-refractivity contribution in [1.29, 1.82) is 5.26 Å². The van der Waals surface area contributed by atoms with Crippen molar-refractivity contribution < 1.29 is 14.3 Å². The lowest BCUT2D eigenvalue weighted by molar-refractivity contribution is -0.113. The highest BCUT2D eigenvalue weighted by Crippen LogP contribution is 2.32. The summed E-state index contributed by atoms with van der Waals surface area (Å²) in [4.78, 5) is 24.6. The third kappa shape index (κ3) is 4.65. The van der Waals surface area contributed by atoms with E-state index in [1.54, 1.807) is 49.6 Å². The molecule has 2 heterocycles. The lowest BCUT2D eigenvalue weighted by Crippen LogP contribution is -2.17. The molecule has 0 unspecified atom stereocenters. The number of thioether (sulfide) groups is 1. The van der Waals surface area contributed by atoms with Gasteiger partial charge in [0.25, 0.3) is 5.56 Å². The standard InChI is InChI=1S/C22H18N6O4S/c1-31-18-8-5-14(9-19(18)32-2)16-10-17-21(30)25-26-22(28(17)27-16)33-12-20(29)24-15-6-3-13(11-23)4-7-15/h3-10H,12H2,1-2H3,(H,24,29)(H,25,30). The molecule has 2 N–H and O–H groups in total.